The number of halogens is 2. The molecule has 0 spiro atoms. The molecule has 7 nitrogen and oxygen atoms in total. The maximum atomic E-state index is 6.21. The number of benzene rings is 1. The molecule has 32 heavy (non-hydrogen) atoms. The lowest BCUT2D eigenvalue weighted by molar-refractivity contribution is 0.415. The van der Waals surface area contributed by atoms with E-state index in [0.717, 1.165) is 61.2 Å². The number of nitrogens with one attached hydrogen (secondary N) is 2. The highest BCUT2D eigenvalue weighted by Gasteiger charge is 2.25. The molecule has 172 valence electrons. The molecular weight excluding hydrogens is 539 g/mol. The van der Waals surface area contributed by atoms with Crippen molar-refractivity contribution in [2.45, 2.75) is 25.8 Å². The van der Waals surface area contributed by atoms with Gasteiger partial charge in [-0.05, 0) is 43.7 Å². The maximum absolute atomic E-state index is 6.21. The Morgan fingerprint density at radius 1 is 1.31 bits per heavy atom. The standard InChI is InChI=1S/C23H29ClN6O.HI/c1-3-25-23(26-11-9-18-16-30-12-5-4-6-22(30)27-18)28-19-10-13-29(15-19)20-14-17(24)7-8-21(20)31-2;/h4-8,12,14,16,19H,3,9-11,13,15H2,1-2H3,(H2,25,26,28);1H. The van der Waals surface area contributed by atoms with Gasteiger partial charge in [0.05, 0.1) is 18.5 Å². The van der Waals surface area contributed by atoms with Crippen LogP contribution in [-0.2, 0) is 6.42 Å². The molecule has 1 saturated heterocycles. The minimum atomic E-state index is 0. The Hall–Kier alpha value is -2.20. The van der Waals surface area contributed by atoms with Crippen molar-refractivity contribution >= 4 is 52.9 Å². The van der Waals surface area contributed by atoms with Gasteiger partial charge in [0, 0.05) is 56.1 Å². The van der Waals surface area contributed by atoms with Crippen molar-refractivity contribution in [1.29, 1.82) is 0 Å². The van der Waals surface area contributed by atoms with Gasteiger partial charge < -0.3 is 24.7 Å². The van der Waals surface area contributed by atoms with Crippen LogP contribution in [0.15, 0.2) is 53.8 Å². The van der Waals surface area contributed by atoms with E-state index in [-0.39, 0.29) is 24.0 Å². The quantitative estimate of drug-likeness (QED) is 0.256. The molecule has 0 amide bonds. The van der Waals surface area contributed by atoms with E-state index >= 15 is 0 Å². The Morgan fingerprint density at radius 2 is 2.19 bits per heavy atom. The summed E-state index contributed by atoms with van der Waals surface area (Å²) in [5, 5.41) is 7.65. The van der Waals surface area contributed by atoms with E-state index in [2.05, 4.69) is 33.6 Å². The highest BCUT2D eigenvalue weighted by atomic mass is 127. The van der Waals surface area contributed by atoms with Crippen LogP contribution in [0.25, 0.3) is 5.65 Å². The first-order valence-corrected chi connectivity index (χ1v) is 11.1. The van der Waals surface area contributed by atoms with Gasteiger partial charge in [-0.1, -0.05) is 17.7 Å². The molecule has 1 unspecified atom stereocenters. The summed E-state index contributed by atoms with van der Waals surface area (Å²) in [5.74, 6) is 1.69. The average Bonchev–Trinajstić information content (AvgIpc) is 3.40. The van der Waals surface area contributed by atoms with Crippen LogP contribution in [0.1, 0.15) is 19.0 Å². The third kappa shape index (κ3) is 5.98. The number of aliphatic imine (C=N–C) groups is 1. The zero-order valence-electron chi connectivity index (χ0n) is 18.4. The number of hydrogen-bond acceptors (Lipinski definition) is 4. The van der Waals surface area contributed by atoms with E-state index in [1.165, 1.54) is 0 Å². The predicted octanol–water partition coefficient (Wildman–Crippen LogP) is 3.99. The fourth-order valence-electron chi connectivity index (χ4n) is 3.91. The van der Waals surface area contributed by atoms with Crippen LogP contribution in [-0.4, -0.2) is 54.7 Å². The van der Waals surface area contributed by atoms with Crippen LogP contribution in [0.4, 0.5) is 5.69 Å². The van der Waals surface area contributed by atoms with Gasteiger partial charge in [0.15, 0.2) is 5.96 Å². The highest BCUT2D eigenvalue weighted by Crippen LogP contribution is 2.33. The SMILES string of the molecule is CCNC(=NCCc1cn2ccccc2n1)NC1CCN(c2cc(Cl)ccc2OC)C1.I. The number of guanidine groups is 1. The van der Waals surface area contributed by atoms with Crippen LogP contribution < -0.4 is 20.3 Å². The summed E-state index contributed by atoms with van der Waals surface area (Å²) in [6.07, 6.45) is 5.90. The van der Waals surface area contributed by atoms with E-state index in [9.17, 15) is 0 Å². The number of rotatable bonds is 7. The van der Waals surface area contributed by atoms with Crippen LogP contribution >= 0.6 is 35.6 Å². The summed E-state index contributed by atoms with van der Waals surface area (Å²) < 4.78 is 7.56. The molecule has 1 aliphatic rings. The van der Waals surface area contributed by atoms with Crippen LogP contribution in [0.5, 0.6) is 5.75 Å². The molecule has 1 aromatic carbocycles. The summed E-state index contributed by atoms with van der Waals surface area (Å²) in [5.41, 5.74) is 3.05. The fraction of sp³-hybridized carbons (Fsp3) is 0.391. The molecule has 1 atom stereocenters. The monoisotopic (exact) mass is 568 g/mol. The largest absolute Gasteiger partial charge is 0.495 e. The van der Waals surface area contributed by atoms with Gasteiger partial charge in [0.1, 0.15) is 11.4 Å². The predicted molar refractivity (Wildman–Crippen MR) is 142 cm³/mol. The topological polar surface area (TPSA) is 66.2 Å². The van der Waals surface area contributed by atoms with E-state index in [0.29, 0.717) is 17.6 Å². The van der Waals surface area contributed by atoms with Crippen molar-refractivity contribution in [3.8, 4) is 5.75 Å². The van der Waals surface area contributed by atoms with Gasteiger partial charge in [-0.2, -0.15) is 0 Å². The molecule has 2 aromatic heterocycles. The first-order chi connectivity index (χ1) is 15.2. The normalized spacial score (nSPS) is 16.2. The molecule has 0 aliphatic carbocycles. The number of nitrogens with zero attached hydrogens (tertiary/aromatic N) is 4. The fourth-order valence-corrected chi connectivity index (χ4v) is 4.08. The summed E-state index contributed by atoms with van der Waals surface area (Å²) in [4.78, 5) is 11.7. The lowest BCUT2D eigenvalue weighted by atomic mass is 10.2. The molecule has 4 rings (SSSR count). The van der Waals surface area contributed by atoms with Crippen LogP contribution in [0.3, 0.4) is 0 Å². The number of pyridine rings is 1. The number of ether oxygens (including phenoxy) is 1. The lowest BCUT2D eigenvalue weighted by Gasteiger charge is -2.22. The summed E-state index contributed by atoms with van der Waals surface area (Å²) >= 11 is 6.21. The molecule has 3 heterocycles. The van der Waals surface area contributed by atoms with Crippen molar-refractivity contribution in [3.05, 3.63) is 59.5 Å². The molecule has 2 N–H and O–H groups in total. The molecular formula is C23H30ClIN6O. The van der Waals surface area contributed by atoms with E-state index in [1.807, 2.05) is 47.0 Å². The van der Waals surface area contributed by atoms with Gasteiger partial charge in [-0.3, -0.25) is 4.99 Å². The van der Waals surface area contributed by atoms with Gasteiger partial charge >= 0.3 is 0 Å². The average molecular weight is 569 g/mol. The van der Waals surface area contributed by atoms with Gasteiger partial charge in [-0.25, -0.2) is 4.98 Å². The van der Waals surface area contributed by atoms with Crippen LogP contribution in [0.2, 0.25) is 5.02 Å². The Kier molecular flexibility index (Phi) is 8.86. The molecule has 9 heteroatoms. The number of anilines is 1. The molecule has 0 radical (unpaired) electrons. The third-order valence-electron chi connectivity index (χ3n) is 5.41. The zero-order chi connectivity index (χ0) is 21.6. The van der Waals surface area contributed by atoms with Gasteiger partial charge in [0.25, 0.3) is 0 Å². The smallest absolute Gasteiger partial charge is 0.191 e. The van der Waals surface area contributed by atoms with E-state index < -0.39 is 0 Å². The molecule has 0 bridgehead atoms. The van der Waals surface area contributed by atoms with E-state index in [1.54, 1.807) is 7.11 Å². The van der Waals surface area contributed by atoms with E-state index in [4.69, 9.17) is 21.3 Å². The Labute approximate surface area is 211 Å². The number of imidazole rings is 1. The molecule has 1 aliphatic heterocycles. The second kappa shape index (κ2) is 11.6. The highest BCUT2D eigenvalue weighted by molar-refractivity contribution is 14.0. The van der Waals surface area contributed by atoms with Crippen molar-refractivity contribution in [2.24, 2.45) is 4.99 Å². The second-order valence-electron chi connectivity index (χ2n) is 7.60. The van der Waals surface area contributed by atoms with Crippen molar-refractivity contribution < 1.29 is 4.74 Å². The molecule has 3 aromatic rings. The third-order valence-corrected chi connectivity index (χ3v) is 5.64. The number of hydrogen-bond donors (Lipinski definition) is 2. The number of fused-ring (bicyclic) bond motifs is 1. The van der Waals surface area contributed by atoms with Gasteiger partial charge in [-0.15, -0.1) is 24.0 Å². The number of aromatic nitrogens is 2. The Morgan fingerprint density at radius 3 is 2.97 bits per heavy atom. The Bertz CT molecular complexity index is 1020. The van der Waals surface area contributed by atoms with Crippen molar-refractivity contribution in [1.82, 2.24) is 20.0 Å². The lowest BCUT2D eigenvalue weighted by Crippen LogP contribution is -2.44. The Balaban J connectivity index is 0.00000289. The van der Waals surface area contributed by atoms with Crippen molar-refractivity contribution in [3.63, 3.8) is 0 Å². The summed E-state index contributed by atoms with van der Waals surface area (Å²) in [7, 11) is 1.69. The first-order valence-electron chi connectivity index (χ1n) is 10.7. The minimum absolute atomic E-state index is 0. The first kappa shape index (κ1) is 24.4. The summed E-state index contributed by atoms with van der Waals surface area (Å²) in [6.45, 7) is 5.39. The summed E-state index contributed by atoms with van der Waals surface area (Å²) in [6, 6.07) is 12.1. The zero-order valence-corrected chi connectivity index (χ0v) is 21.5. The molecule has 1 fully saturated rings. The minimum Gasteiger partial charge on any atom is -0.495 e. The number of methoxy groups -OCH3 is 1. The molecule has 0 saturated carbocycles. The van der Waals surface area contributed by atoms with Gasteiger partial charge in [0.2, 0.25) is 0 Å². The van der Waals surface area contributed by atoms with Crippen LogP contribution in [0, 0.1) is 0 Å². The second-order valence-corrected chi connectivity index (χ2v) is 8.04. The van der Waals surface area contributed by atoms with Crippen molar-refractivity contribution in [2.75, 3.05) is 38.2 Å². The maximum Gasteiger partial charge on any atom is 0.191 e.